The van der Waals surface area contributed by atoms with Gasteiger partial charge in [0.05, 0.1) is 7.11 Å². The van der Waals surface area contributed by atoms with Crippen molar-refractivity contribution in [2.75, 3.05) is 7.11 Å². The maximum Gasteiger partial charge on any atom is 0.416 e. The van der Waals surface area contributed by atoms with E-state index in [2.05, 4.69) is 4.74 Å². The summed E-state index contributed by atoms with van der Waals surface area (Å²) in [5, 5.41) is 8.86. The predicted molar refractivity (Wildman–Crippen MR) is 37.9 cm³/mol. The van der Waals surface area contributed by atoms with Crippen LogP contribution in [0.2, 0.25) is 0 Å². The Morgan fingerprint density at radius 1 is 1.46 bits per heavy atom. The highest BCUT2D eigenvalue weighted by Gasteiger charge is 2.49. The lowest BCUT2D eigenvalue weighted by molar-refractivity contribution is -0.255. The van der Waals surface area contributed by atoms with Crippen LogP contribution in [-0.2, 0) is 9.53 Å². The van der Waals surface area contributed by atoms with Gasteiger partial charge in [-0.25, -0.2) is 0 Å². The van der Waals surface area contributed by atoms with E-state index in [-0.39, 0.29) is 0 Å². The molecule has 6 heteroatoms. The van der Waals surface area contributed by atoms with Crippen LogP contribution in [0.1, 0.15) is 19.8 Å². The number of hydrogen-bond donors (Lipinski definition) is 1. The average molecular weight is 200 g/mol. The molecule has 0 rings (SSSR count). The monoisotopic (exact) mass is 200 g/mol. The molecule has 0 aliphatic heterocycles. The fraction of sp³-hybridized carbons (Fsp3) is 0.857. The van der Waals surface area contributed by atoms with E-state index in [9.17, 15) is 18.0 Å². The molecule has 0 saturated heterocycles. The number of halogens is 3. The Kier molecular flexibility index (Phi) is 3.71. The van der Waals surface area contributed by atoms with E-state index >= 15 is 0 Å². The number of esters is 1. The molecule has 1 N–H and O–H groups in total. The molecule has 78 valence electrons. The number of alkyl halides is 3. The molecule has 0 aliphatic rings. The summed E-state index contributed by atoms with van der Waals surface area (Å²) < 4.78 is 40.1. The van der Waals surface area contributed by atoms with Crippen LogP contribution in [0.3, 0.4) is 0 Å². The predicted octanol–water partition coefficient (Wildman–Crippen LogP) is 1.25. The summed E-state index contributed by atoms with van der Waals surface area (Å²) in [6.07, 6.45) is -5.87. The number of rotatable bonds is 3. The van der Waals surface area contributed by atoms with Crippen molar-refractivity contribution < 1.29 is 27.8 Å². The van der Waals surface area contributed by atoms with Gasteiger partial charge in [0.1, 0.15) is 0 Å². The fourth-order valence-electron chi connectivity index (χ4n) is 0.589. The first-order chi connectivity index (χ1) is 5.70. The maximum atomic E-state index is 12.0. The topological polar surface area (TPSA) is 46.5 Å². The van der Waals surface area contributed by atoms with Gasteiger partial charge < -0.3 is 9.84 Å². The summed E-state index contributed by atoms with van der Waals surface area (Å²) in [5.74, 6) is -0.774. The summed E-state index contributed by atoms with van der Waals surface area (Å²) in [4.78, 5) is 10.5. The molecule has 0 aromatic carbocycles. The van der Waals surface area contributed by atoms with E-state index in [0.29, 0.717) is 6.92 Å². The molecule has 3 nitrogen and oxygen atoms in total. The Hall–Kier alpha value is -0.780. The van der Waals surface area contributed by atoms with Crippen molar-refractivity contribution in [3.8, 4) is 0 Å². The zero-order valence-electron chi connectivity index (χ0n) is 7.31. The molecule has 0 aliphatic carbocycles. The van der Waals surface area contributed by atoms with Gasteiger partial charge in [0.2, 0.25) is 0 Å². The van der Waals surface area contributed by atoms with Gasteiger partial charge in [-0.3, -0.25) is 4.79 Å². The quantitative estimate of drug-likeness (QED) is 0.697. The molecule has 0 heterocycles. The van der Waals surface area contributed by atoms with Gasteiger partial charge in [0.25, 0.3) is 0 Å². The Morgan fingerprint density at radius 3 is 2.23 bits per heavy atom. The Balaban J connectivity index is 4.12. The number of ether oxygens (including phenoxy) is 1. The van der Waals surface area contributed by atoms with Gasteiger partial charge in [-0.15, -0.1) is 0 Å². The van der Waals surface area contributed by atoms with Crippen LogP contribution >= 0.6 is 0 Å². The maximum absolute atomic E-state index is 12.0. The molecule has 1 atom stereocenters. The van der Waals surface area contributed by atoms with E-state index in [1.807, 2.05) is 0 Å². The summed E-state index contributed by atoms with van der Waals surface area (Å²) in [5.41, 5.74) is -2.83. The van der Waals surface area contributed by atoms with Crippen molar-refractivity contribution in [2.24, 2.45) is 0 Å². The molecule has 13 heavy (non-hydrogen) atoms. The molecule has 0 spiro atoms. The van der Waals surface area contributed by atoms with Crippen LogP contribution in [-0.4, -0.2) is 30.0 Å². The molecule has 0 aromatic rings. The SMILES string of the molecule is COC(=O)CCC(C)(O)C(F)(F)F. The summed E-state index contributed by atoms with van der Waals surface area (Å²) >= 11 is 0. The first-order valence-corrected chi connectivity index (χ1v) is 3.56. The highest BCUT2D eigenvalue weighted by molar-refractivity contribution is 5.69. The minimum Gasteiger partial charge on any atom is -0.469 e. The Bertz CT molecular complexity index is 186. The van der Waals surface area contributed by atoms with Gasteiger partial charge in [0, 0.05) is 6.42 Å². The third kappa shape index (κ3) is 3.63. The standard InChI is InChI=1S/C7H11F3O3/c1-6(12,7(8,9)10)4-3-5(11)13-2/h12H,3-4H2,1-2H3. The zero-order valence-corrected chi connectivity index (χ0v) is 7.31. The van der Waals surface area contributed by atoms with E-state index in [4.69, 9.17) is 5.11 Å². The number of hydrogen-bond acceptors (Lipinski definition) is 3. The molecule has 0 amide bonds. The minimum absolute atomic E-state index is 0.455. The van der Waals surface area contributed by atoms with Crippen LogP contribution < -0.4 is 0 Å². The largest absolute Gasteiger partial charge is 0.469 e. The van der Waals surface area contributed by atoms with Crippen LogP contribution in [0.4, 0.5) is 13.2 Å². The fourth-order valence-corrected chi connectivity index (χ4v) is 0.589. The normalized spacial score (nSPS) is 16.5. The van der Waals surface area contributed by atoms with Crippen molar-refractivity contribution in [1.82, 2.24) is 0 Å². The van der Waals surface area contributed by atoms with Crippen LogP contribution in [0.25, 0.3) is 0 Å². The van der Waals surface area contributed by atoms with Gasteiger partial charge in [-0.05, 0) is 13.3 Å². The molecule has 0 aromatic heterocycles. The van der Waals surface area contributed by atoms with Gasteiger partial charge in [0.15, 0.2) is 5.60 Å². The molecule has 0 bridgehead atoms. The van der Waals surface area contributed by atoms with Crippen molar-refractivity contribution in [3.63, 3.8) is 0 Å². The van der Waals surface area contributed by atoms with Crippen LogP contribution in [0, 0.1) is 0 Å². The van der Waals surface area contributed by atoms with E-state index < -0.39 is 30.6 Å². The molecule has 0 fully saturated rings. The number of aliphatic hydroxyl groups is 1. The first-order valence-electron chi connectivity index (χ1n) is 3.56. The number of methoxy groups -OCH3 is 1. The second-order valence-corrected chi connectivity index (χ2v) is 2.85. The minimum atomic E-state index is -4.72. The Labute approximate surface area is 73.5 Å². The highest BCUT2D eigenvalue weighted by atomic mass is 19.4. The van der Waals surface area contributed by atoms with Crippen molar-refractivity contribution in [2.45, 2.75) is 31.5 Å². The Morgan fingerprint density at radius 2 is 1.92 bits per heavy atom. The van der Waals surface area contributed by atoms with Crippen molar-refractivity contribution in [1.29, 1.82) is 0 Å². The number of carbonyl (C=O) groups excluding carboxylic acids is 1. The van der Waals surface area contributed by atoms with Crippen LogP contribution in [0.15, 0.2) is 0 Å². The smallest absolute Gasteiger partial charge is 0.416 e. The lowest BCUT2D eigenvalue weighted by Crippen LogP contribution is -2.42. The third-order valence-corrected chi connectivity index (χ3v) is 1.65. The summed E-state index contributed by atoms with van der Waals surface area (Å²) in [7, 11) is 1.07. The van der Waals surface area contributed by atoms with E-state index in [1.54, 1.807) is 0 Å². The molecule has 0 radical (unpaired) electrons. The molecule has 1 unspecified atom stereocenters. The van der Waals surface area contributed by atoms with Crippen LogP contribution in [0.5, 0.6) is 0 Å². The second kappa shape index (κ2) is 3.95. The van der Waals surface area contributed by atoms with E-state index in [0.717, 1.165) is 7.11 Å². The summed E-state index contributed by atoms with van der Waals surface area (Å²) in [6.45, 7) is 0.621. The lowest BCUT2D eigenvalue weighted by Gasteiger charge is -2.25. The van der Waals surface area contributed by atoms with E-state index in [1.165, 1.54) is 0 Å². The second-order valence-electron chi connectivity index (χ2n) is 2.85. The van der Waals surface area contributed by atoms with Crippen molar-refractivity contribution in [3.05, 3.63) is 0 Å². The summed E-state index contributed by atoms with van der Waals surface area (Å²) in [6, 6.07) is 0. The molecule has 0 saturated carbocycles. The first kappa shape index (κ1) is 12.2. The van der Waals surface area contributed by atoms with Crippen molar-refractivity contribution >= 4 is 5.97 Å². The van der Waals surface area contributed by atoms with Gasteiger partial charge in [-0.1, -0.05) is 0 Å². The third-order valence-electron chi connectivity index (χ3n) is 1.65. The lowest BCUT2D eigenvalue weighted by atomic mass is 10.00. The van der Waals surface area contributed by atoms with Gasteiger partial charge in [-0.2, -0.15) is 13.2 Å². The molecular weight excluding hydrogens is 189 g/mol. The number of carbonyl (C=O) groups is 1. The van der Waals surface area contributed by atoms with Gasteiger partial charge >= 0.3 is 12.1 Å². The zero-order chi connectivity index (χ0) is 10.7. The average Bonchev–Trinajstić information content (AvgIpc) is 1.98. The highest BCUT2D eigenvalue weighted by Crippen LogP contribution is 2.33. The molecular formula is C7H11F3O3.